The molecule has 4 nitrogen and oxygen atoms in total. The normalized spacial score (nSPS) is 12.6. The van der Waals surface area contributed by atoms with Crippen molar-refractivity contribution in [1.82, 2.24) is 15.0 Å². The second-order valence-electron chi connectivity index (χ2n) is 4.32. The van der Waals surface area contributed by atoms with E-state index < -0.39 is 0 Å². The van der Waals surface area contributed by atoms with E-state index in [9.17, 15) is 0 Å². The molecule has 1 heterocycles. The summed E-state index contributed by atoms with van der Waals surface area (Å²) < 4.78 is 2.00. The molecule has 0 amide bonds. The number of hydrazine groups is 1. The van der Waals surface area contributed by atoms with E-state index in [0.717, 1.165) is 29.3 Å². The molecule has 0 bridgehead atoms. The van der Waals surface area contributed by atoms with Gasteiger partial charge in [0.2, 0.25) is 0 Å². The van der Waals surface area contributed by atoms with E-state index in [0.29, 0.717) is 0 Å². The van der Waals surface area contributed by atoms with Crippen LogP contribution in [0.2, 0.25) is 5.02 Å². The summed E-state index contributed by atoms with van der Waals surface area (Å²) in [7, 11) is 1.98. The second-order valence-corrected chi connectivity index (χ2v) is 4.72. The van der Waals surface area contributed by atoms with Crippen LogP contribution in [0.15, 0.2) is 36.7 Å². The Bertz CT molecular complexity index is 509. The molecule has 0 fully saturated rings. The number of nitrogens with one attached hydrogen (secondary N) is 1. The van der Waals surface area contributed by atoms with Crippen molar-refractivity contribution in [3.05, 3.63) is 53.1 Å². The zero-order chi connectivity index (χ0) is 13.0. The van der Waals surface area contributed by atoms with Gasteiger partial charge in [-0.05, 0) is 18.1 Å². The van der Waals surface area contributed by atoms with Crippen molar-refractivity contribution >= 4 is 11.6 Å². The minimum atomic E-state index is 0.117. The van der Waals surface area contributed by atoms with Gasteiger partial charge in [-0.1, -0.05) is 29.8 Å². The van der Waals surface area contributed by atoms with Crippen LogP contribution >= 0.6 is 11.6 Å². The van der Waals surface area contributed by atoms with Crippen LogP contribution in [0.5, 0.6) is 0 Å². The van der Waals surface area contributed by atoms with Gasteiger partial charge in [-0.2, -0.15) is 0 Å². The fourth-order valence-corrected chi connectivity index (χ4v) is 2.15. The van der Waals surface area contributed by atoms with Crippen molar-refractivity contribution in [3.8, 4) is 0 Å². The van der Waals surface area contributed by atoms with Gasteiger partial charge in [0.25, 0.3) is 0 Å². The largest absolute Gasteiger partial charge is 0.338 e. The number of halogens is 1. The highest BCUT2D eigenvalue weighted by molar-refractivity contribution is 6.31. The molecule has 0 aliphatic heterocycles. The standard InChI is InChI=1S/C13H17ClN4/c1-18-7-6-16-13(18)9-11(17-15)8-10-4-2-3-5-12(10)14/h2-7,11,17H,8-9,15H2,1H3. The Morgan fingerprint density at radius 1 is 1.39 bits per heavy atom. The number of hydrogen-bond donors (Lipinski definition) is 2. The molecule has 0 aliphatic rings. The molecule has 0 saturated heterocycles. The van der Waals surface area contributed by atoms with Gasteiger partial charge in [-0.3, -0.25) is 11.3 Å². The van der Waals surface area contributed by atoms with E-state index in [2.05, 4.69) is 10.4 Å². The fourth-order valence-electron chi connectivity index (χ4n) is 1.93. The summed E-state index contributed by atoms with van der Waals surface area (Å²) in [6.45, 7) is 0. The highest BCUT2D eigenvalue weighted by Gasteiger charge is 2.13. The summed E-state index contributed by atoms with van der Waals surface area (Å²) in [5.41, 5.74) is 3.93. The molecule has 0 saturated carbocycles. The van der Waals surface area contributed by atoms with Crippen LogP contribution in [0.1, 0.15) is 11.4 Å². The molecule has 2 rings (SSSR count). The third-order valence-corrected chi connectivity index (χ3v) is 3.38. The molecule has 1 atom stereocenters. The van der Waals surface area contributed by atoms with Crippen LogP contribution in [0.4, 0.5) is 0 Å². The number of nitrogens with two attached hydrogens (primary N) is 1. The van der Waals surface area contributed by atoms with Gasteiger partial charge in [-0.15, -0.1) is 0 Å². The van der Waals surface area contributed by atoms with Crippen LogP contribution in [-0.2, 0) is 19.9 Å². The second kappa shape index (κ2) is 6.00. The van der Waals surface area contributed by atoms with E-state index in [1.165, 1.54) is 0 Å². The molecule has 2 aromatic rings. The Kier molecular flexibility index (Phi) is 4.36. The van der Waals surface area contributed by atoms with E-state index in [4.69, 9.17) is 17.4 Å². The van der Waals surface area contributed by atoms with Crippen LogP contribution in [0.25, 0.3) is 0 Å². The van der Waals surface area contributed by atoms with Crippen molar-refractivity contribution in [2.45, 2.75) is 18.9 Å². The first kappa shape index (κ1) is 13.1. The zero-order valence-electron chi connectivity index (χ0n) is 10.3. The van der Waals surface area contributed by atoms with Gasteiger partial charge >= 0.3 is 0 Å². The number of aromatic nitrogens is 2. The fraction of sp³-hybridized carbons (Fsp3) is 0.308. The lowest BCUT2D eigenvalue weighted by molar-refractivity contribution is 0.505. The van der Waals surface area contributed by atoms with Gasteiger partial charge < -0.3 is 4.57 Å². The first-order valence-corrected chi connectivity index (χ1v) is 6.24. The first-order chi connectivity index (χ1) is 8.70. The number of aryl methyl sites for hydroxylation is 1. The lowest BCUT2D eigenvalue weighted by atomic mass is 10.0. The first-order valence-electron chi connectivity index (χ1n) is 5.86. The maximum absolute atomic E-state index is 6.15. The molecule has 1 unspecified atom stereocenters. The third kappa shape index (κ3) is 3.10. The summed E-state index contributed by atoms with van der Waals surface area (Å²) in [6.07, 6.45) is 5.27. The molecule has 5 heteroatoms. The summed E-state index contributed by atoms with van der Waals surface area (Å²) in [6, 6.07) is 7.94. The van der Waals surface area contributed by atoms with Gasteiger partial charge in [-0.25, -0.2) is 4.98 Å². The minimum Gasteiger partial charge on any atom is -0.338 e. The average molecular weight is 265 g/mol. The van der Waals surface area contributed by atoms with Crippen molar-refractivity contribution < 1.29 is 0 Å². The molecule has 1 aromatic carbocycles. The highest BCUT2D eigenvalue weighted by atomic mass is 35.5. The average Bonchev–Trinajstić information content (AvgIpc) is 2.77. The van der Waals surface area contributed by atoms with Crippen LogP contribution in [-0.4, -0.2) is 15.6 Å². The van der Waals surface area contributed by atoms with Crippen LogP contribution < -0.4 is 11.3 Å². The minimum absolute atomic E-state index is 0.117. The molecule has 0 aliphatic carbocycles. The van der Waals surface area contributed by atoms with Crippen molar-refractivity contribution in [2.24, 2.45) is 12.9 Å². The Hall–Kier alpha value is -1.36. The molecule has 96 valence electrons. The maximum Gasteiger partial charge on any atom is 0.109 e. The van der Waals surface area contributed by atoms with E-state index in [-0.39, 0.29) is 6.04 Å². The summed E-state index contributed by atoms with van der Waals surface area (Å²) in [5, 5.41) is 0.776. The zero-order valence-corrected chi connectivity index (χ0v) is 11.1. The van der Waals surface area contributed by atoms with E-state index in [1.807, 2.05) is 42.1 Å². The Morgan fingerprint density at radius 3 is 2.78 bits per heavy atom. The van der Waals surface area contributed by atoms with Crippen LogP contribution in [0, 0.1) is 0 Å². The van der Waals surface area contributed by atoms with E-state index >= 15 is 0 Å². The smallest absolute Gasteiger partial charge is 0.109 e. The van der Waals surface area contributed by atoms with Gasteiger partial charge in [0.05, 0.1) is 0 Å². The molecule has 0 radical (unpaired) electrons. The quantitative estimate of drug-likeness (QED) is 0.638. The number of rotatable bonds is 5. The summed E-state index contributed by atoms with van der Waals surface area (Å²) in [4.78, 5) is 4.30. The molecular formula is C13H17ClN4. The Balaban J connectivity index is 2.06. The summed E-state index contributed by atoms with van der Waals surface area (Å²) in [5.74, 6) is 6.61. The van der Waals surface area contributed by atoms with Crippen molar-refractivity contribution in [1.29, 1.82) is 0 Å². The van der Waals surface area contributed by atoms with Gasteiger partial charge in [0, 0.05) is 36.9 Å². The number of nitrogens with zero attached hydrogens (tertiary/aromatic N) is 2. The molecule has 18 heavy (non-hydrogen) atoms. The molecule has 1 aromatic heterocycles. The SMILES string of the molecule is Cn1ccnc1CC(Cc1ccccc1Cl)NN. The maximum atomic E-state index is 6.15. The number of imidazole rings is 1. The number of benzene rings is 1. The summed E-state index contributed by atoms with van der Waals surface area (Å²) >= 11 is 6.15. The van der Waals surface area contributed by atoms with Gasteiger partial charge in [0.1, 0.15) is 5.82 Å². The van der Waals surface area contributed by atoms with Crippen LogP contribution in [0.3, 0.4) is 0 Å². The Morgan fingerprint density at radius 2 is 2.17 bits per heavy atom. The molecule has 0 spiro atoms. The third-order valence-electron chi connectivity index (χ3n) is 3.01. The predicted octanol–water partition coefficient (Wildman–Crippen LogP) is 1.69. The molecule has 3 N–H and O–H groups in total. The highest BCUT2D eigenvalue weighted by Crippen LogP contribution is 2.17. The Labute approximate surface area is 112 Å². The lowest BCUT2D eigenvalue weighted by Crippen LogP contribution is -2.39. The van der Waals surface area contributed by atoms with E-state index in [1.54, 1.807) is 6.20 Å². The van der Waals surface area contributed by atoms with Gasteiger partial charge in [0.15, 0.2) is 0 Å². The lowest BCUT2D eigenvalue weighted by Gasteiger charge is -2.16. The molecular weight excluding hydrogens is 248 g/mol. The predicted molar refractivity (Wildman–Crippen MR) is 73.2 cm³/mol. The monoisotopic (exact) mass is 264 g/mol. The van der Waals surface area contributed by atoms with Crippen molar-refractivity contribution in [3.63, 3.8) is 0 Å². The number of hydrogen-bond acceptors (Lipinski definition) is 3. The topological polar surface area (TPSA) is 55.9 Å². The van der Waals surface area contributed by atoms with Crippen molar-refractivity contribution in [2.75, 3.05) is 0 Å².